The number of rotatable bonds is 3. The van der Waals surface area contributed by atoms with Crippen molar-refractivity contribution in [2.45, 2.75) is 25.9 Å². The van der Waals surface area contributed by atoms with E-state index in [9.17, 15) is 9.50 Å². The SMILES string of the molecule is Cc1cc(F)ccc1C(O)CN1CCC2(CCOC2)C1. The van der Waals surface area contributed by atoms with Gasteiger partial charge in [0.25, 0.3) is 0 Å². The maximum atomic E-state index is 13.1. The van der Waals surface area contributed by atoms with Crippen molar-refractivity contribution >= 4 is 0 Å². The lowest BCUT2D eigenvalue weighted by Crippen LogP contribution is -2.30. The molecule has 3 rings (SSSR count). The van der Waals surface area contributed by atoms with Gasteiger partial charge in [-0.2, -0.15) is 0 Å². The van der Waals surface area contributed by atoms with Crippen molar-refractivity contribution in [3.63, 3.8) is 0 Å². The van der Waals surface area contributed by atoms with Gasteiger partial charge in [-0.25, -0.2) is 4.39 Å². The molecule has 2 heterocycles. The third-order valence-electron chi connectivity index (χ3n) is 4.72. The van der Waals surface area contributed by atoms with Crippen molar-refractivity contribution in [2.75, 3.05) is 32.8 Å². The van der Waals surface area contributed by atoms with Gasteiger partial charge in [-0.1, -0.05) is 6.07 Å². The smallest absolute Gasteiger partial charge is 0.123 e. The summed E-state index contributed by atoms with van der Waals surface area (Å²) in [6.45, 7) is 6.21. The summed E-state index contributed by atoms with van der Waals surface area (Å²) in [6, 6.07) is 4.59. The molecule has 0 aliphatic carbocycles. The molecular weight excluding hydrogens is 257 g/mol. The molecule has 2 aliphatic heterocycles. The fourth-order valence-electron chi connectivity index (χ4n) is 3.51. The van der Waals surface area contributed by atoms with Gasteiger partial charge in [0.05, 0.1) is 12.7 Å². The summed E-state index contributed by atoms with van der Waals surface area (Å²) in [7, 11) is 0. The summed E-state index contributed by atoms with van der Waals surface area (Å²) in [4.78, 5) is 2.31. The van der Waals surface area contributed by atoms with Crippen LogP contribution in [0.2, 0.25) is 0 Å². The average molecular weight is 279 g/mol. The van der Waals surface area contributed by atoms with Crippen LogP contribution in [0.25, 0.3) is 0 Å². The van der Waals surface area contributed by atoms with E-state index >= 15 is 0 Å². The Morgan fingerprint density at radius 2 is 2.30 bits per heavy atom. The molecule has 20 heavy (non-hydrogen) atoms. The fourth-order valence-corrected chi connectivity index (χ4v) is 3.51. The van der Waals surface area contributed by atoms with E-state index in [-0.39, 0.29) is 5.82 Å². The van der Waals surface area contributed by atoms with Gasteiger partial charge < -0.3 is 9.84 Å². The zero-order valence-corrected chi connectivity index (χ0v) is 11.9. The molecule has 1 N–H and O–H groups in total. The molecule has 0 saturated carbocycles. The van der Waals surface area contributed by atoms with E-state index in [1.165, 1.54) is 12.1 Å². The minimum absolute atomic E-state index is 0.248. The molecule has 110 valence electrons. The van der Waals surface area contributed by atoms with E-state index in [1.54, 1.807) is 6.07 Å². The van der Waals surface area contributed by atoms with Crippen LogP contribution in [-0.2, 0) is 4.74 Å². The summed E-state index contributed by atoms with van der Waals surface area (Å²) < 4.78 is 18.6. The van der Waals surface area contributed by atoms with E-state index in [1.807, 2.05) is 6.92 Å². The molecule has 0 bridgehead atoms. The molecule has 4 heteroatoms. The van der Waals surface area contributed by atoms with Crippen molar-refractivity contribution in [3.05, 3.63) is 35.1 Å². The van der Waals surface area contributed by atoms with Crippen LogP contribution in [0.3, 0.4) is 0 Å². The van der Waals surface area contributed by atoms with E-state index in [2.05, 4.69) is 4.90 Å². The summed E-state index contributed by atoms with van der Waals surface area (Å²) in [6.07, 6.45) is 1.74. The second kappa shape index (κ2) is 5.43. The van der Waals surface area contributed by atoms with Gasteiger partial charge in [-0.15, -0.1) is 0 Å². The van der Waals surface area contributed by atoms with Crippen molar-refractivity contribution in [2.24, 2.45) is 5.41 Å². The number of aliphatic hydroxyl groups excluding tert-OH is 1. The third kappa shape index (κ3) is 2.73. The summed E-state index contributed by atoms with van der Waals surface area (Å²) in [5.41, 5.74) is 1.96. The van der Waals surface area contributed by atoms with Gasteiger partial charge >= 0.3 is 0 Å². The Balaban J connectivity index is 1.63. The largest absolute Gasteiger partial charge is 0.387 e. The van der Waals surface area contributed by atoms with Crippen molar-refractivity contribution in [3.8, 4) is 0 Å². The lowest BCUT2D eigenvalue weighted by molar-refractivity contribution is 0.112. The fraction of sp³-hybridized carbons (Fsp3) is 0.625. The molecule has 2 saturated heterocycles. The lowest BCUT2D eigenvalue weighted by Gasteiger charge is -2.24. The molecule has 0 radical (unpaired) electrons. The van der Waals surface area contributed by atoms with Crippen molar-refractivity contribution < 1.29 is 14.2 Å². The number of hydrogen-bond donors (Lipinski definition) is 1. The highest BCUT2D eigenvalue weighted by Gasteiger charge is 2.41. The van der Waals surface area contributed by atoms with E-state index in [4.69, 9.17) is 4.74 Å². The number of benzene rings is 1. The summed E-state index contributed by atoms with van der Waals surface area (Å²) in [5, 5.41) is 10.4. The number of β-amino-alcohol motifs (C(OH)–C–C–N with tert-alkyl or cyclic N) is 1. The quantitative estimate of drug-likeness (QED) is 0.921. The van der Waals surface area contributed by atoms with Crippen LogP contribution in [0, 0.1) is 18.2 Å². The molecular formula is C16H22FNO2. The van der Waals surface area contributed by atoms with Crippen LogP contribution in [-0.4, -0.2) is 42.9 Å². The predicted molar refractivity (Wildman–Crippen MR) is 75.0 cm³/mol. The maximum absolute atomic E-state index is 13.1. The number of ether oxygens (including phenoxy) is 1. The molecule has 2 atom stereocenters. The Kier molecular flexibility index (Phi) is 3.80. The lowest BCUT2D eigenvalue weighted by atomic mass is 9.87. The Labute approximate surface area is 119 Å². The average Bonchev–Trinajstić information content (AvgIpc) is 3.00. The molecule has 2 aliphatic rings. The summed E-state index contributed by atoms with van der Waals surface area (Å²) >= 11 is 0. The third-order valence-corrected chi connectivity index (χ3v) is 4.72. The second-order valence-corrected chi connectivity index (χ2v) is 6.30. The van der Waals surface area contributed by atoms with Crippen LogP contribution in [0.15, 0.2) is 18.2 Å². The number of aliphatic hydroxyl groups is 1. The van der Waals surface area contributed by atoms with Gasteiger partial charge in [0.2, 0.25) is 0 Å². The van der Waals surface area contributed by atoms with E-state index in [0.29, 0.717) is 12.0 Å². The van der Waals surface area contributed by atoms with Crippen molar-refractivity contribution in [1.82, 2.24) is 4.90 Å². The molecule has 1 aromatic carbocycles. The first-order valence-corrected chi connectivity index (χ1v) is 7.32. The maximum Gasteiger partial charge on any atom is 0.123 e. The first-order valence-electron chi connectivity index (χ1n) is 7.32. The highest BCUT2D eigenvalue weighted by atomic mass is 19.1. The zero-order chi connectivity index (χ0) is 14.2. The molecule has 0 amide bonds. The molecule has 2 unspecified atom stereocenters. The second-order valence-electron chi connectivity index (χ2n) is 6.30. The van der Waals surface area contributed by atoms with Gasteiger partial charge in [0, 0.05) is 25.1 Å². The minimum Gasteiger partial charge on any atom is -0.387 e. The van der Waals surface area contributed by atoms with Crippen LogP contribution < -0.4 is 0 Å². The van der Waals surface area contributed by atoms with Crippen LogP contribution in [0.5, 0.6) is 0 Å². The topological polar surface area (TPSA) is 32.7 Å². The van der Waals surface area contributed by atoms with E-state index in [0.717, 1.165) is 50.3 Å². The van der Waals surface area contributed by atoms with Gasteiger partial charge in [-0.3, -0.25) is 4.90 Å². The Morgan fingerprint density at radius 3 is 3.00 bits per heavy atom. The highest BCUT2D eigenvalue weighted by Crippen LogP contribution is 2.38. The van der Waals surface area contributed by atoms with Gasteiger partial charge in [0.1, 0.15) is 5.82 Å². The van der Waals surface area contributed by atoms with Gasteiger partial charge in [0.15, 0.2) is 0 Å². The predicted octanol–water partition coefficient (Wildman–Crippen LogP) is 2.28. The monoisotopic (exact) mass is 279 g/mol. The number of halogens is 1. The Bertz CT molecular complexity index is 485. The first-order chi connectivity index (χ1) is 9.58. The van der Waals surface area contributed by atoms with Crippen LogP contribution in [0.4, 0.5) is 4.39 Å². The first kappa shape index (κ1) is 14.0. The molecule has 3 nitrogen and oxygen atoms in total. The van der Waals surface area contributed by atoms with E-state index < -0.39 is 6.10 Å². The highest BCUT2D eigenvalue weighted by molar-refractivity contribution is 5.28. The molecule has 1 spiro atoms. The summed E-state index contributed by atoms with van der Waals surface area (Å²) in [5.74, 6) is -0.248. The van der Waals surface area contributed by atoms with Crippen LogP contribution >= 0.6 is 0 Å². The molecule has 2 fully saturated rings. The standard InChI is InChI=1S/C16H22FNO2/c1-12-8-13(17)2-3-14(12)15(19)9-18-6-4-16(10-18)5-7-20-11-16/h2-3,8,15,19H,4-7,9-11H2,1H3. The normalized spacial score (nSPS) is 28.4. The zero-order valence-electron chi connectivity index (χ0n) is 11.9. The van der Waals surface area contributed by atoms with Crippen molar-refractivity contribution in [1.29, 1.82) is 0 Å². The number of nitrogens with zero attached hydrogens (tertiary/aromatic N) is 1. The number of hydrogen-bond acceptors (Lipinski definition) is 3. The Morgan fingerprint density at radius 1 is 1.45 bits per heavy atom. The Hall–Kier alpha value is -0.970. The molecule has 0 aromatic heterocycles. The molecule has 1 aromatic rings. The van der Waals surface area contributed by atoms with Gasteiger partial charge in [-0.05, 0) is 49.6 Å². The number of aryl methyl sites for hydroxylation is 1. The number of likely N-dealkylation sites (tertiary alicyclic amines) is 1. The minimum atomic E-state index is -0.548. The van der Waals surface area contributed by atoms with Crippen LogP contribution in [0.1, 0.15) is 30.1 Å².